The maximum absolute atomic E-state index is 11.8. The number of aromatic nitrogens is 2. The average Bonchev–Trinajstić information content (AvgIpc) is 3.03. The summed E-state index contributed by atoms with van der Waals surface area (Å²) in [5.74, 6) is 0.690. The number of furan rings is 1. The second-order valence-electron chi connectivity index (χ2n) is 4.75. The molecule has 0 atom stereocenters. The van der Waals surface area contributed by atoms with Gasteiger partial charge in [0.2, 0.25) is 5.95 Å². The van der Waals surface area contributed by atoms with Gasteiger partial charge in [-0.1, -0.05) is 0 Å². The molecular formula is C14H16N4O2. The lowest BCUT2D eigenvalue weighted by Crippen LogP contribution is -2.30. The van der Waals surface area contributed by atoms with E-state index in [1.165, 1.54) is 25.5 Å². The largest absolute Gasteiger partial charge is 0.459 e. The third-order valence-electron chi connectivity index (χ3n) is 3.28. The van der Waals surface area contributed by atoms with E-state index in [4.69, 9.17) is 4.42 Å². The third-order valence-corrected chi connectivity index (χ3v) is 3.28. The normalized spacial score (nSPS) is 15.1. The highest BCUT2D eigenvalue weighted by Crippen LogP contribution is 2.16. The molecule has 2 aromatic rings. The number of carbonyl (C=O) groups excluding carboxylic acids is 1. The molecule has 1 aliphatic rings. The van der Waals surface area contributed by atoms with Gasteiger partial charge in [-0.3, -0.25) is 4.79 Å². The molecule has 3 rings (SSSR count). The number of piperidine rings is 1. The van der Waals surface area contributed by atoms with E-state index in [-0.39, 0.29) is 11.7 Å². The van der Waals surface area contributed by atoms with Crippen LogP contribution < -0.4 is 10.2 Å². The second-order valence-corrected chi connectivity index (χ2v) is 4.75. The van der Waals surface area contributed by atoms with E-state index >= 15 is 0 Å². The molecule has 1 aliphatic heterocycles. The number of amides is 1. The van der Waals surface area contributed by atoms with Gasteiger partial charge in [0.1, 0.15) is 0 Å². The second kappa shape index (κ2) is 5.73. The van der Waals surface area contributed by atoms with Crippen molar-refractivity contribution in [3.63, 3.8) is 0 Å². The fourth-order valence-corrected chi connectivity index (χ4v) is 2.24. The summed E-state index contributed by atoms with van der Waals surface area (Å²) < 4.78 is 5.03. The molecule has 0 aliphatic carbocycles. The molecule has 1 N–H and O–H groups in total. The van der Waals surface area contributed by atoms with Crippen molar-refractivity contribution >= 4 is 17.5 Å². The van der Waals surface area contributed by atoms with Crippen molar-refractivity contribution in [2.24, 2.45) is 0 Å². The van der Waals surface area contributed by atoms with Gasteiger partial charge in [0.25, 0.3) is 5.91 Å². The minimum absolute atomic E-state index is 0.269. The van der Waals surface area contributed by atoms with Crippen LogP contribution in [0.15, 0.2) is 35.2 Å². The zero-order valence-corrected chi connectivity index (χ0v) is 11.1. The van der Waals surface area contributed by atoms with Gasteiger partial charge in [-0.15, -0.1) is 0 Å². The molecule has 1 amide bonds. The molecular weight excluding hydrogens is 256 g/mol. The van der Waals surface area contributed by atoms with Crippen LogP contribution in [0.5, 0.6) is 0 Å². The van der Waals surface area contributed by atoms with E-state index in [1.54, 1.807) is 24.5 Å². The Kier molecular flexibility index (Phi) is 3.62. The smallest absolute Gasteiger partial charge is 0.291 e. The molecule has 0 radical (unpaired) electrons. The predicted molar refractivity (Wildman–Crippen MR) is 74.8 cm³/mol. The summed E-state index contributed by atoms with van der Waals surface area (Å²) in [7, 11) is 0. The third kappa shape index (κ3) is 2.79. The predicted octanol–water partition coefficient (Wildman–Crippen LogP) is 2.31. The Labute approximate surface area is 116 Å². The summed E-state index contributed by atoms with van der Waals surface area (Å²) in [5, 5.41) is 2.70. The van der Waals surface area contributed by atoms with Crippen LogP contribution in [-0.2, 0) is 0 Å². The summed E-state index contributed by atoms with van der Waals surface area (Å²) in [6.07, 6.45) is 8.34. The zero-order chi connectivity index (χ0) is 13.8. The highest BCUT2D eigenvalue weighted by atomic mass is 16.3. The average molecular weight is 272 g/mol. The van der Waals surface area contributed by atoms with Gasteiger partial charge in [-0.05, 0) is 31.4 Å². The van der Waals surface area contributed by atoms with Gasteiger partial charge in [-0.25, -0.2) is 9.97 Å². The Morgan fingerprint density at radius 2 is 1.95 bits per heavy atom. The van der Waals surface area contributed by atoms with Gasteiger partial charge < -0.3 is 14.6 Å². The number of hydrogen-bond acceptors (Lipinski definition) is 5. The van der Waals surface area contributed by atoms with Crippen LogP contribution in [-0.4, -0.2) is 29.0 Å². The summed E-state index contributed by atoms with van der Waals surface area (Å²) in [4.78, 5) is 22.6. The molecule has 2 aromatic heterocycles. The zero-order valence-electron chi connectivity index (χ0n) is 11.1. The van der Waals surface area contributed by atoms with Gasteiger partial charge in [0.05, 0.1) is 24.3 Å². The van der Waals surface area contributed by atoms with Crippen LogP contribution in [0, 0.1) is 0 Å². The molecule has 0 unspecified atom stereocenters. The lowest BCUT2D eigenvalue weighted by atomic mass is 10.1. The summed E-state index contributed by atoms with van der Waals surface area (Å²) in [5.41, 5.74) is 0.562. The van der Waals surface area contributed by atoms with Crippen molar-refractivity contribution in [2.45, 2.75) is 19.3 Å². The van der Waals surface area contributed by atoms with Crippen LogP contribution in [0.2, 0.25) is 0 Å². The Hall–Kier alpha value is -2.37. The van der Waals surface area contributed by atoms with Crippen molar-refractivity contribution in [3.05, 3.63) is 36.5 Å². The van der Waals surface area contributed by atoms with Crippen LogP contribution >= 0.6 is 0 Å². The molecule has 3 heterocycles. The Morgan fingerprint density at radius 1 is 1.20 bits per heavy atom. The van der Waals surface area contributed by atoms with E-state index in [0.29, 0.717) is 5.69 Å². The molecule has 0 spiro atoms. The highest BCUT2D eigenvalue weighted by molar-refractivity contribution is 6.02. The summed E-state index contributed by atoms with van der Waals surface area (Å²) in [6.45, 7) is 2.00. The molecule has 6 nitrogen and oxygen atoms in total. The molecule has 1 fully saturated rings. The first kappa shape index (κ1) is 12.7. The quantitative estimate of drug-likeness (QED) is 0.928. The van der Waals surface area contributed by atoms with E-state index < -0.39 is 0 Å². The standard InChI is InChI=1S/C14H16N4O2/c19-13(12-5-4-8-20-12)17-11-9-15-14(16-10-11)18-6-2-1-3-7-18/h4-5,8-10H,1-3,6-7H2,(H,17,19). The minimum atomic E-state index is -0.302. The number of nitrogens with zero attached hydrogens (tertiary/aromatic N) is 3. The monoisotopic (exact) mass is 272 g/mol. The van der Waals surface area contributed by atoms with Gasteiger partial charge in [-0.2, -0.15) is 0 Å². The van der Waals surface area contributed by atoms with Crippen LogP contribution in [0.25, 0.3) is 0 Å². The van der Waals surface area contributed by atoms with Crippen LogP contribution in [0.3, 0.4) is 0 Å². The first-order valence-electron chi connectivity index (χ1n) is 6.75. The highest BCUT2D eigenvalue weighted by Gasteiger charge is 2.14. The van der Waals surface area contributed by atoms with Crippen molar-refractivity contribution in [3.8, 4) is 0 Å². The first-order valence-corrected chi connectivity index (χ1v) is 6.75. The number of anilines is 2. The van der Waals surface area contributed by atoms with E-state index in [0.717, 1.165) is 19.0 Å². The molecule has 20 heavy (non-hydrogen) atoms. The van der Waals surface area contributed by atoms with Crippen molar-refractivity contribution in [2.75, 3.05) is 23.3 Å². The number of carbonyl (C=O) groups is 1. The molecule has 6 heteroatoms. The Balaban J connectivity index is 1.65. The summed E-state index contributed by atoms with van der Waals surface area (Å²) in [6, 6.07) is 3.28. The Morgan fingerprint density at radius 3 is 2.60 bits per heavy atom. The number of nitrogens with one attached hydrogen (secondary N) is 1. The Bertz CT molecular complexity index is 559. The van der Waals surface area contributed by atoms with Crippen LogP contribution in [0.4, 0.5) is 11.6 Å². The minimum Gasteiger partial charge on any atom is -0.459 e. The van der Waals surface area contributed by atoms with Crippen molar-refractivity contribution in [1.29, 1.82) is 0 Å². The lowest BCUT2D eigenvalue weighted by molar-refractivity contribution is 0.0996. The number of hydrogen-bond donors (Lipinski definition) is 1. The van der Waals surface area contributed by atoms with E-state index in [1.807, 2.05) is 0 Å². The molecule has 0 saturated carbocycles. The van der Waals surface area contributed by atoms with Gasteiger partial charge in [0.15, 0.2) is 5.76 Å². The molecule has 1 saturated heterocycles. The fraction of sp³-hybridized carbons (Fsp3) is 0.357. The van der Waals surface area contributed by atoms with Gasteiger partial charge in [0, 0.05) is 13.1 Å². The van der Waals surface area contributed by atoms with Crippen molar-refractivity contribution in [1.82, 2.24) is 9.97 Å². The van der Waals surface area contributed by atoms with Crippen LogP contribution in [0.1, 0.15) is 29.8 Å². The maximum atomic E-state index is 11.8. The molecule has 104 valence electrons. The molecule has 0 bridgehead atoms. The number of rotatable bonds is 3. The first-order chi connectivity index (χ1) is 9.83. The lowest BCUT2D eigenvalue weighted by Gasteiger charge is -2.26. The van der Waals surface area contributed by atoms with Gasteiger partial charge >= 0.3 is 0 Å². The van der Waals surface area contributed by atoms with E-state index in [2.05, 4.69) is 20.2 Å². The van der Waals surface area contributed by atoms with Crippen molar-refractivity contribution < 1.29 is 9.21 Å². The van der Waals surface area contributed by atoms with E-state index in [9.17, 15) is 4.79 Å². The SMILES string of the molecule is O=C(Nc1cnc(N2CCCCC2)nc1)c1ccco1. The fourth-order valence-electron chi connectivity index (χ4n) is 2.24. The summed E-state index contributed by atoms with van der Waals surface area (Å²) >= 11 is 0. The molecule has 0 aromatic carbocycles. The topological polar surface area (TPSA) is 71.3 Å². The maximum Gasteiger partial charge on any atom is 0.291 e.